The number of Topliss-reactive ketones (excluding diaryl/α,β-unsaturated/α-hetero) is 1. The van der Waals surface area contributed by atoms with Crippen LogP contribution in [0, 0.1) is 5.92 Å². The predicted molar refractivity (Wildman–Crippen MR) is 35.5 cm³/mol. The molecule has 0 aliphatic rings. The van der Waals surface area contributed by atoms with E-state index in [2.05, 4.69) is 12.2 Å². The van der Waals surface area contributed by atoms with Gasteiger partial charge in [0.25, 0.3) is 0 Å². The maximum Gasteiger partial charge on any atom is 0.318 e. The molecule has 9 heavy (non-hydrogen) atoms. The molecule has 1 N–H and O–H groups in total. The Kier molecular flexibility index (Phi) is 3.01. The van der Waals surface area contributed by atoms with E-state index < -0.39 is 17.7 Å². The molecule has 0 rings (SSSR count). The fourth-order valence-electron chi connectivity index (χ4n) is 0.328. The highest BCUT2D eigenvalue weighted by Crippen LogP contribution is 1.93. The van der Waals surface area contributed by atoms with Crippen LogP contribution in [0.1, 0.15) is 6.92 Å². The van der Waals surface area contributed by atoms with Gasteiger partial charge in [0.1, 0.15) is 11.7 Å². The summed E-state index contributed by atoms with van der Waals surface area (Å²) in [6.45, 7) is 1.20. The van der Waals surface area contributed by atoms with Gasteiger partial charge >= 0.3 is 5.97 Å². The first-order chi connectivity index (χ1) is 4.09. The number of carboxylic acid groups (broad SMARTS) is 1. The molecule has 0 spiro atoms. The molecule has 1 unspecified atom stereocenters. The molecule has 50 valence electrons. The molecule has 0 aliphatic carbocycles. The van der Waals surface area contributed by atoms with Crippen molar-refractivity contribution in [1.29, 1.82) is 0 Å². The summed E-state index contributed by atoms with van der Waals surface area (Å²) in [5.74, 6) is -2.73. The molecule has 1 atom stereocenters. The summed E-state index contributed by atoms with van der Waals surface area (Å²) in [5, 5.41) is 9.17. The molecule has 0 heterocycles. The normalized spacial score (nSPS) is 12.1. The van der Waals surface area contributed by atoms with Crippen molar-refractivity contribution in [2.75, 3.05) is 0 Å². The Morgan fingerprint density at radius 1 is 1.67 bits per heavy atom. The number of rotatable bonds is 3. The predicted octanol–water partition coefficient (Wildman–Crippen LogP) is 0.276. The van der Waals surface area contributed by atoms with Crippen molar-refractivity contribution in [3.8, 4) is 0 Å². The van der Waals surface area contributed by atoms with E-state index in [0.29, 0.717) is 0 Å². The average Bonchev–Trinajstić information content (AvgIpc) is 1.64. The minimum absolute atomic E-state index is 0.433. The van der Waals surface area contributed by atoms with Gasteiger partial charge in [0.2, 0.25) is 0 Å². The molecule has 0 amide bonds. The Bertz CT molecular complexity index is 138. The zero-order valence-corrected chi connectivity index (χ0v) is 5.64. The Morgan fingerprint density at radius 3 is 2.11 bits per heavy atom. The largest absolute Gasteiger partial charge is 0.480 e. The van der Waals surface area contributed by atoms with Crippen molar-refractivity contribution >= 4 is 29.3 Å². The van der Waals surface area contributed by atoms with Crippen molar-refractivity contribution in [1.82, 2.24) is 0 Å². The maximum atomic E-state index is 10.3. The quantitative estimate of drug-likeness (QED) is 0.459. The van der Waals surface area contributed by atoms with E-state index >= 15 is 0 Å². The lowest BCUT2D eigenvalue weighted by Crippen LogP contribution is -2.21. The van der Waals surface area contributed by atoms with E-state index in [1.807, 2.05) is 0 Å². The number of ketones is 1. The highest BCUT2D eigenvalue weighted by atomic mass is 32.1. The topological polar surface area (TPSA) is 54.4 Å². The highest BCUT2D eigenvalue weighted by molar-refractivity contribution is 7.79. The minimum atomic E-state index is -1.18. The van der Waals surface area contributed by atoms with E-state index in [0.717, 1.165) is 5.37 Å². The fraction of sp³-hybridized carbons (Fsp3) is 0.400. The van der Waals surface area contributed by atoms with Gasteiger partial charge in [0.15, 0.2) is 0 Å². The van der Waals surface area contributed by atoms with E-state index in [-0.39, 0.29) is 0 Å². The summed E-state index contributed by atoms with van der Waals surface area (Å²) in [5.41, 5.74) is 0. The Hall–Kier alpha value is -0.770. The molecule has 4 heteroatoms. The van der Waals surface area contributed by atoms with Crippen LogP contribution in [0.4, 0.5) is 0 Å². The van der Waals surface area contributed by atoms with Crippen LogP contribution in [0.3, 0.4) is 0 Å². The monoisotopic (exact) mass is 146 g/mol. The van der Waals surface area contributed by atoms with Crippen LogP contribution in [0.2, 0.25) is 0 Å². The first kappa shape index (κ1) is 8.23. The lowest BCUT2D eigenvalue weighted by atomic mass is 10.1. The van der Waals surface area contributed by atoms with Gasteiger partial charge in [-0.2, -0.15) is 0 Å². The maximum absolute atomic E-state index is 10.3. The summed E-state index contributed by atoms with van der Waals surface area (Å²) in [4.78, 5) is 20.4. The van der Waals surface area contributed by atoms with Crippen LogP contribution < -0.4 is 0 Å². The molecule has 3 nitrogen and oxygen atoms in total. The molecule has 0 aliphatic heterocycles. The summed E-state index contributed by atoms with van der Waals surface area (Å²) >= 11 is 4.30. The lowest BCUT2D eigenvalue weighted by molar-refractivity contribution is -0.142. The van der Waals surface area contributed by atoms with Gasteiger partial charge in [-0.05, 0) is 6.92 Å². The molecule has 0 radical (unpaired) electrons. The summed E-state index contributed by atoms with van der Waals surface area (Å²) in [7, 11) is 0. The number of carbonyl (C=O) groups is 2. The van der Waals surface area contributed by atoms with Crippen LogP contribution in [0.5, 0.6) is 0 Å². The van der Waals surface area contributed by atoms with Crippen LogP contribution in [0.15, 0.2) is 0 Å². The van der Waals surface area contributed by atoms with Gasteiger partial charge in [-0.1, -0.05) is 12.2 Å². The molecule has 0 aromatic heterocycles. The highest BCUT2D eigenvalue weighted by Gasteiger charge is 2.18. The van der Waals surface area contributed by atoms with Gasteiger partial charge in [0, 0.05) is 5.37 Å². The molecular formula is C5H6O3S. The van der Waals surface area contributed by atoms with Crippen LogP contribution in [-0.2, 0) is 9.59 Å². The molecule has 0 saturated heterocycles. The third kappa shape index (κ3) is 2.32. The first-order valence-electron chi connectivity index (χ1n) is 2.28. The number of carbonyl (C=O) groups excluding carboxylic acids is 1. The summed E-state index contributed by atoms with van der Waals surface area (Å²) < 4.78 is 0. The van der Waals surface area contributed by atoms with Gasteiger partial charge in [-0.3, -0.25) is 9.59 Å². The second-order valence-corrected chi connectivity index (χ2v) is 1.83. The Morgan fingerprint density at radius 2 is 2.11 bits per heavy atom. The molecule has 0 aromatic carbocycles. The SMILES string of the molecule is CC(=O)C(C=S)C(=O)O. The molecular weight excluding hydrogens is 140 g/mol. The van der Waals surface area contributed by atoms with E-state index in [1.165, 1.54) is 6.92 Å². The van der Waals surface area contributed by atoms with Crippen molar-refractivity contribution in [2.45, 2.75) is 6.92 Å². The smallest absolute Gasteiger partial charge is 0.318 e. The second-order valence-electron chi connectivity index (χ2n) is 1.56. The summed E-state index contributed by atoms with van der Waals surface area (Å²) in [6.07, 6.45) is 0. The number of hydrogen-bond acceptors (Lipinski definition) is 3. The number of aliphatic carboxylic acids is 1. The zero-order chi connectivity index (χ0) is 7.44. The third-order valence-electron chi connectivity index (χ3n) is 0.840. The molecule has 0 bridgehead atoms. The molecule has 0 saturated carbocycles. The van der Waals surface area contributed by atoms with Crippen molar-refractivity contribution in [3.05, 3.63) is 0 Å². The molecule has 0 fully saturated rings. The third-order valence-corrected chi connectivity index (χ3v) is 1.11. The lowest BCUT2D eigenvalue weighted by Gasteiger charge is -1.97. The van der Waals surface area contributed by atoms with Gasteiger partial charge in [-0.15, -0.1) is 0 Å². The Balaban J connectivity index is 4.16. The van der Waals surface area contributed by atoms with Gasteiger partial charge < -0.3 is 5.11 Å². The van der Waals surface area contributed by atoms with Crippen molar-refractivity contribution in [3.63, 3.8) is 0 Å². The number of hydrogen-bond donors (Lipinski definition) is 1. The van der Waals surface area contributed by atoms with E-state index in [1.54, 1.807) is 0 Å². The van der Waals surface area contributed by atoms with E-state index in [4.69, 9.17) is 5.11 Å². The minimum Gasteiger partial charge on any atom is -0.480 e. The van der Waals surface area contributed by atoms with Crippen LogP contribution in [-0.4, -0.2) is 22.2 Å². The van der Waals surface area contributed by atoms with Crippen molar-refractivity contribution < 1.29 is 14.7 Å². The van der Waals surface area contributed by atoms with Crippen LogP contribution in [0.25, 0.3) is 0 Å². The summed E-state index contributed by atoms with van der Waals surface area (Å²) in [6, 6.07) is 0. The first-order valence-corrected chi connectivity index (χ1v) is 2.75. The zero-order valence-electron chi connectivity index (χ0n) is 4.83. The molecule has 0 aromatic rings. The van der Waals surface area contributed by atoms with Crippen LogP contribution >= 0.6 is 12.2 Å². The standard InChI is InChI=1S/C5H6O3S/c1-3(6)4(2-9)5(7)8/h2,4H,1H3,(H,7,8). The second kappa shape index (κ2) is 3.29. The van der Waals surface area contributed by atoms with E-state index in [9.17, 15) is 9.59 Å². The van der Waals surface area contributed by atoms with Gasteiger partial charge in [0.05, 0.1) is 0 Å². The Labute approximate surface area is 57.7 Å². The van der Waals surface area contributed by atoms with Gasteiger partial charge in [-0.25, -0.2) is 0 Å². The number of thiocarbonyl (C=S) groups is 1. The fourth-order valence-corrected chi connectivity index (χ4v) is 0.636. The average molecular weight is 146 g/mol. The number of carboxylic acids is 1. The van der Waals surface area contributed by atoms with Crippen molar-refractivity contribution in [2.24, 2.45) is 5.92 Å².